The molecule has 0 amide bonds. The summed E-state index contributed by atoms with van der Waals surface area (Å²) in [6, 6.07) is 19.7. The average molecular weight is 483 g/mol. The van der Waals surface area contributed by atoms with Crippen molar-refractivity contribution in [3.8, 4) is 0 Å². The van der Waals surface area contributed by atoms with Gasteiger partial charge in [-0.1, -0.05) is 119 Å². The molecule has 184 valence electrons. The van der Waals surface area contributed by atoms with Gasteiger partial charge in [0, 0.05) is 0 Å². The number of unbranched alkanes of at least 4 members (excludes halogenated alkanes) is 8. The number of rotatable bonds is 11. The van der Waals surface area contributed by atoms with E-state index >= 15 is 0 Å². The second-order valence-corrected chi connectivity index (χ2v) is 10.8. The van der Waals surface area contributed by atoms with Gasteiger partial charge in [0.1, 0.15) is 0 Å². The van der Waals surface area contributed by atoms with E-state index in [-0.39, 0.29) is 6.10 Å². The van der Waals surface area contributed by atoms with Gasteiger partial charge in [0.2, 0.25) is 0 Å². The van der Waals surface area contributed by atoms with Gasteiger partial charge in [-0.3, -0.25) is 4.55 Å². The van der Waals surface area contributed by atoms with Crippen LogP contribution in [0.5, 0.6) is 0 Å². The molecule has 1 unspecified atom stereocenters. The maximum absolute atomic E-state index is 11.0. The molecular formula is C29H38O4S. The molecule has 4 aromatic carbocycles. The van der Waals surface area contributed by atoms with Crippen molar-refractivity contribution in [2.24, 2.45) is 0 Å². The predicted molar refractivity (Wildman–Crippen MR) is 144 cm³/mol. The molecule has 2 N–H and O–H groups in total. The first-order chi connectivity index (χ1) is 16.3. The lowest BCUT2D eigenvalue weighted by atomic mass is 9.89. The second kappa shape index (κ2) is 12.5. The minimum atomic E-state index is -3.67. The van der Waals surface area contributed by atoms with Crippen LogP contribution in [0, 0.1) is 0 Å². The van der Waals surface area contributed by atoms with Crippen molar-refractivity contribution in [2.45, 2.75) is 77.2 Å². The van der Waals surface area contributed by atoms with Crippen molar-refractivity contribution in [1.29, 1.82) is 0 Å². The van der Waals surface area contributed by atoms with Crippen molar-refractivity contribution >= 4 is 42.4 Å². The van der Waals surface area contributed by atoms with Crippen LogP contribution in [0.2, 0.25) is 0 Å². The van der Waals surface area contributed by atoms with Gasteiger partial charge in [-0.25, -0.2) is 0 Å². The monoisotopic (exact) mass is 482 g/mol. The van der Waals surface area contributed by atoms with Gasteiger partial charge < -0.3 is 5.11 Å². The Hall–Kier alpha value is -2.21. The summed E-state index contributed by atoms with van der Waals surface area (Å²) in [4.78, 5) is 0. The SMILES string of the molecule is CCCCCCCCCCCC(O)c1ccc2ccc3cccc4ccc1c2c34.CS(=O)(=O)O. The highest BCUT2D eigenvalue weighted by atomic mass is 32.2. The molecule has 34 heavy (non-hydrogen) atoms. The molecule has 0 bridgehead atoms. The molecule has 0 fully saturated rings. The minimum absolute atomic E-state index is 0.371. The molecule has 0 saturated heterocycles. The molecule has 1 atom stereocenters. The molecule has 0 spiro atoms. The summed E-state index contributed by atoms with van der Waals surface area (Å²) in [6.45, 7) is 2.27. The Morgan fingerprint density at radius 2 is 1.18 bits per heavy atom. The fourth-order valence-electron chi connectivity index (χ4n) is 4.85. The standard InChI is InChI=1S/C28H34O.CH4O3S/c1-2-3-4-5-6-7-8-9-10-14-26(29)24-19-17-23-16-15-21-12-11-13-22-18-20-25(24)28(23)27(21)22;1-5(2,3)4/h11-13,15-20,26,29H,2-10,14H2,1H3;1H3,(H,2,3,4). The number of aliphatic hydroxyl groups is 1. The highest BCUT2D eigenvalue weighted by Gasteiger charge is 2.15. The normalized spacial score (nSPS) is 12.8. The van der Waals surface area contributed by atoms with Crippen molar-refractivity contribution in [2.75, 3.05) is 6.26 Å². The predicted octanol–water partition coefficient (Wildman–Crippen LogP) is 8.04. The van der Waals surface area contributed by atoms with Crippen LogP contribution in [0.15, 0.2) is 54.6 Å². The summed E-state index contributed by atoms with van der Waals surface area (Å²) in [7, 11) is -3.67. The maximum atomic E-state index is 11.0. The number of hydrogen-bond acceptors (Lipinski definition) is 3. The van der Waals surface area contributed by atoms with Gasteiger partial charge in [0.25, 0.3) is 10.1 Å². The highest BCUT2D eigenvalue weighted by molar-refractivity contribution is 7.85. The van der Waals surface area contributed by atoms with Crippen molar-refractivity contribution < 1.29 is 18.1 Å². The molecule has 0 radical (unpaired) electrons. The molecule has 0 aliphatic carbocycles. The Morgan fingerprint density at radius 1 is 0.706 bits per heavy atom. The van der Waals surface area contributed by atoms with E-state index in [0.717, 1.165) is 18.4 Å². The summed E-state index contributed by atoms with van der Waals surface area (Å²) in [5, 5.41) is 18.6. The number of aliphatic hydroxyl groups excluding tert-OH is 1. The molecule has 0 aromatic heterocycles. The van der Waals surface area contributed by atoms with Crippen LogP contribution in [-0.2, 0) is 10.1 Å². The lowest BCUT2D eigenvalue weighted by Gasteiger charge is -2.17. The Morgan fingerprint density at radius 3 is 1.76 bits per heavy atom. The Kier molecular flexibility index (Phi) is 9.69. The summed E-state index contributed by atoms with van der Waals surface area (Å²) < 4.78 is 25.9. The average Bonchev–Trinajstić information content (AvgIpc) is 2.80. The summed E-state index contributed by atoms with van der Waals surface area (Å²) in [5.74, 6) is 0. The van der Waals surface area contributed by atoms with E-state index < -0.39 is 10.1 Å². The van der Waals surface area contributed by atoms with Gasteiger partial charge in [0.15, 0.2) is 0 Å². The summed E-state index contributed by atoms with van der Waals surface area (Å²) in [6.07, 6.45) is 13.0. The van der Waals surface area contributed by atoms with Crippen LogP contribution in [0.25, 0.3) is 32.3 Å². The lowest BCUT2D eigenvalue weighted by molar-refractivity contribution is 0.165. The molecule has 0 heterocycles. The van der Waals surface area contributed by atoms with Gasteiger partial charge in [-0.05, 0) is 44.3 Å². The van der Waals surface area contributed by atoms with Crippen LogP contribution < -0.4 is 0 Å². The Balaban J connectivity index is 0.000000588. The fraction of sp³-hybridized carbons (Fsp3) is 0.448. The Bertz CT molecular complexity index is 1260. The van der Waals surface area contributed by atoms with Gasteiger partial charge in [0.05, 0.1) is 12.4 Å². The van der Waals surface area contributed by atoms with E-state index in [9.17, 15) is 13.5 Å². The maximum Gasteiger partial charge on any atom is 0.261 e. The third-order valence-electron chi connectivity index (χ3n) is 6.50. The third-order valence-corrected chi connectivity index (χ3v) is 6.50. The first-order valence-electron chi connectivity index (χ1n) is 12.6. The zero-order valence-electron chi connectivity index (χ0n) is 20.5. The number of hydrogen-bond donors (Lipinski definition) is 2. The summed E-state index contributed by atoms with van der Waals surface area (Å²) in [5.41, 5.74) is 1.09. The Labute approximate surface area is 204 Å². The zero-order valence-corrected chi connectivity index (χ0v) is 21.3. The van der Waals surface area contributed by atoms with E-state index in [2.05, 4.69) is 61.5 Å². The van der Waals surface area contributed by atoms with Crippen molar-refractivity contribution in [3.63, 3.8) is 0 Å². The first kappa shape index (κ1) is 26.4. The van der Waals surface area contributed by atoms with E-state index in [0.29, 0.717) is 6.26 Å². The second-order valence-electron chi connectivity index (χ2n) is 9.38. The molecule has 0 saturated carbocycles. The van der Waals surface area contributed by atoms with Crippen LogP contribution in [-0.4, -0.2) is 24.3 Å². The molecule has 4 aromatic rings. The van der Waals surface area contributed by atoms with Crippen LogP contribution >= 0.6 is 0 Å². The van der Waals surface area contributed by atoms with Crippen LogP contribution in [0.3, 0.4) is 0 Å². The minimum Gasteiger partial charge on any atom is -0.388 e. The quantitative estimate of drug-likeness (QED) is 0.129. The first-order valence-corrected chi connectivity index (χ1v) is 14.4. The van der Waals surface area contributed by atoms with Gasteiger partial charge >= 0.3 is 0 Å². The fourth-order valence-corrected chi connectivity index (χ4v) is 4.85. The zero-order chi connectivity index (χ0) is 24.6. The molecule has 0 aliphatic rings. The molecule has 0 aliphatic heterocycles. The highest BCUT2D eigenvalue weighted by Crippen LogP contribution is 2.38. The van der Waals surface area contributed by atoms with Crippen LogP contribution in [0.4, 0.5) is 0 Å². The van der Waals surface area contributed by atoms with E-state index in [1.54, 1.807) is 0 Å². The topological polar surface area (TPSA) is 74.6 Å². The van der Waals surface area contributed by atoms with E-state index in [4.69, 9.17) is 4.55 Å². The van der Waals surface area contributed by atoms with Crippen molar-refractivity contribution in [3.05, 3.63) is 60.2 Å². The van der Waals surface area contributed by atoms with E-state index in [1.807, 2.05) is 0 Å². The van der Waals surface area contributed by atoms with Gasteiger partial charge in [-0.2, -0.15) is 8.42 Å². The lowest BCUT2D eigenvalue weighted by Crippen LogP contribution is -1.99. The molecular weight excluding hydrogens is 444 g/mol. The number of benzene rings is 4. The molecule has 4 rings (SSSR count). The summed E-state index contributed by atoms with van der Waals surface area (Å²) >= 11 is 0. The van der Waals surface area contributed by atoms with E-state index in [1.165, 1.54) is 83.7 Å². The third kappa shape index (κ3) is 7.39. The largest absolute Gasteiger partial charge is 0.388 e. The van der Waals surface area contributed by atoms with Crippen molar-refractivity contribution in [1.82, 2.24) is 0 Å². The molecule has 5 heteroatoms. The molecule has 4 nitrogen and oxygen atoms in total. The van der Waals surface area contributed by atoms with Crippen LogP contribution in [0.1, 0.15) is 82.8 Å². The van der Waals surface area contributed by atoms with Gasteiger partial charge in [-0.15, -0.1) is 0 Å². The smallest absolute Gasteiger partial charge is 0.261 e.